The van der Waals surface area contributed by atoms with Gasteiger partial charge in [0.05, 0.1) is 12.1 Å². The summed E-state index contributed by atoms with van der Waals surface area (Å²) in [4.78, 5) is 16.1. The highest BCUT2D eigenvalue weighted by Crippen LogP contribution is 2.15. The number of aromatic nitrogens is 1. The molecule has 0 unspecified atom stereocenters. The summed E-state index contributed by atoms with van der Waals surface area (Å²) in [5.74, 6) is -0.159. The van der Waals surface area contributed by atoms with Crippen LogP contribution in [-0.2, 0) is 0 Å². The summed E-state index contributed by atoms with van der Waals surface area (Å²) in [5.41, 5.74) is 0.867. The number of pyridine rings is 1. The zero-order valence-electron chi connectivity index (χ0n) is 10.7. The number of carbonyl (C=O) groups excluding carboxylic acids is 1. The fourth-order valence-electron chi connectivity index (χ4n) is 1.69. The van der Waals surface area contributed by atoms with Crippen LogP contribution in [0.1, 0.15) is 42.7 Å². The standard InChI is InChI=1S/C13H20N2O2/c1-4-13(5-2,9-16)15-12(17)11-6-7-14-10(3)8-11/h6-8,16H,4-5,9H2,1-3H3,(H,15,17). The van der Waals surface area contributed by atoms with Gasteiger partial charge in [0.2, 0.25) is 0 Å². The van der Waals surface area contributed by atoms with E-state index in [1.165, 1.54) is 0 Å². The van der Waals surface area contributed by atoms with Crippen LogP contribution in [-0.4, -0.2) is 28.1 Å². The van der Waals surface area contributed by atoms with Crippen LogP contribution in [0.2, 0.25) is 0 Å². The summed E-state index contributed by atoms with van der Waals surface area (Å²) in [7, 11) is 0. The second-order valence-electron chi connectivity index (χ2n) is 4.29. The van der Waals surface area contributed by atoms with E-state index in [-0.39, 0.29) is 12.5 Å². The Balaban J connectivity index is 2.84. The molecule has 1 aromatic rings. The first kappa shape index (κ1) is 13.6. The average Bonchev–Trinajstić information content (AvgIpc) is 2.36. The minimum absolute atomic E-state index is 0.0458. The lowest BCUT2D eigenvalue weighted by atomic mass is 9.93. The van der Waals surface area contributed by atoms with E-state index in [1.54, 1.807) is 18.3 Å². The van der Waals surface area contributed by atoms with E-state index in [0.717, 1.165) is 5.69 Å². The Bertz CT molecular complexity index is 378. The molecule has 0 aliphatic rings. The quantitative estimate of drug-likeness (QED) is 0.817. The van der Waals surface area contributed by atoms with Crippen molar-refractivity contribution in [2.45, 2.75) is 39.2 Å². The largest absolute Gasteiger partial charge is 0.394 e. The number of aliphatic hydroxyl groups is 1. The number of nitrogens with one attached hydrogen (secondary N) is 1. The second kappa shape index (κ2) is 5.77. The Morgan fingerprint density at radius 2 is 2.12 bits per heavy atom. The first-order chi connectivity index (χ1) is 8.06. The fourth-order valence-corrected chi connectivity index (χ4v) is 1.69. The number of aryl methyl sites for hydroxylation is 1. The van der Waals surface area contributed by atoms with E-state index in [0.29, 0.717) is 18.4 Å². The van der Waals surface area contributed by atoms with E-state index >= 15 is 0 Å². The van der Waals surface area contributed by atoms with Gasteiger partial charge in [0.25, 0.3) is 5.91 Å². The predicted molar refractivity (Wildman–Crippen MR) is 66.8 cm³/mol. The number of hydrogen-bond donors (Lipinski definition) is 2. The Labute approximate surface area is 102 Å². The molecule has 0 bridgehead atoms. The van der Waals surface area contributed by atoms with Crippen molar-refractivity contribution < 1.29 is 9.90 Å². The molecule has 0 spiro atoms. The van der Waals surface area contributed by atoms with E-state index in [9.17, 15) is 9.90 Å². The zero-order valence-corrected chi connectivity index (χ0v) is 10.7. The fraction of sp³-hybridized carbons (Fsp3) is 0.538. The van der Waals surface area contributed by atoms with Crippen LogP contribution in [0.15, 0.2) is 18.3 Å². The van der Waals surface area contributed by atoms with Crippen molar-refractivity contribution in [1.29, 1.82) is 0 Å². The molecule has 1 aromatic heterocycles. The van der Waals surface area contributed by atoms with Gasteiger partial charge in [-0.1, -0.05) is 13.8 Å². The van der Waals surface area contributed by atoms with Gasteiger partial charge in [-0.25, -0.2) is 0 Å². The van der Waals surface area contributed by atoms with Crippen LogP contribution in [0.4, 0.5) is 0 Å². The molecule has 0 saturated carbocycles. The van der Waals surface area contributed by atoms with Crippen molar-refractivity contribution in [1.82, 2.24) is 10.3 Å². The summed E-state index contributed by atoms with van der Waals surface area (Å²) in [6.45, 7) is 5.71. The van der Waals surface area contributed by atoms with E-state index in [2.05, 4.69) is 10.3 Å². The number of aliphatic hydroxyl groups excluding tert-OH is 1. The summed E-state index contributed by atoms with van der Waals surface area (Å²) in [6.07, 6.45) is 3.02. The van der Waals surface area contributed by atoms with Gasteiger partial charge in [0, 0.05) is 17.5 Å². The van der Waals surface area contributed by atoms with Gasteiger partial charge in [-0.15, -0.1) is 0 Å². The summed E-state index contributed by atoms with van der Waals surface area (Å²) < 4.78 is 0. The third-order valence-corrected chi connectivity index (χ3v) is 3.19. The van der Waals surface area contributed by atoms with Gasteiger partial charge < -0.3 is 10.4 Å². The van der Waals surface area contributed by atoms with Crippen molar-refractivity contribution in [3.63, 3.8) is 0 Å². The van der Waals surface area contributed by atoms with Gasteiger partial charge in [-0.05, 0) is 31.9 Å². The molecule has 0 atom stereocenters. The van der Waals surface area contributed by atoms with Crippen LogP contribution >= 0.6 is 0 Å². The molecule has 0 radical (unpaired) electrons. The molecule has 0 aliphatic heterocycles. The van der Waals surface area contributed by atoms with Crippen molar-refractivity contribution in [3.8, 4) is 0 Å². The third-order valence-electron chi connectivity index (χ3n) is 3.19. The maximum Gasteiger partial charge on any atom is 0.251 e. The van der Waals surface area contributed by atoms with Crippen molar-refractivity contribution in [3.05, 3.63) is 29.6 Å². The highest BCUT2D eigenvalue weighted by molar-refractivity contribution is 5.94. The average molecular weight is 236 g/mol. The molecule has 0 aliphatic carbocycles. The van der Waals surface area contributed by atoms with Gasteiger partial charge in [-0.2, -0.15) is 0 Å². The van der Waals surface area contributed by atoms with E-state index < -0.39 is 5.54 Å². The SMILES string of the molecule is CCC(CC)(CO)NC(=O)c1ccnc(C)c1. The zero-order chi connectivity index (χ0) is 12.9. The Morgan fingerprint density at radius 1 is 1.47 bits per heavy atom. The number of amides is 1. The molecular weight excluding hydrogens is 216 g/mol. The number of carbonyl (C=O) groups is 1. The lowest BCUT2D eigenvalue weighted by molar-refractivity contribution is 0.0817. The molecule has 94 valence electrons. The van der Waals surface area contributed by atoms with Gasteiger partial charge >= 0.3 is 0 Å². The third kappa shape index (κ3) is 3.27. The minimum atomic E-state index is -0.520. The highest BCUT2D eigenvalue weighted by atomic mass is 16.3. The van der Waals surface area contributed by atoms with E-state index in [1.807, 2.05) is 20.8 Å². The molecule has 17 heavy (non-hydrogen) atoms. The van der Waals surface area contributed by atoms with Crippen molar-refractivity contribution in [2.75, 3.05) is 6.61 Å². The maximum absolute atomic E-state index is 12.0. The van der Waals surface area contributed by atoms with Crippen LogP contribution in [0.5, 0.6) is 0 Å². The lowest BCUT2D eigenvalue weighted by Crippen LogP contribution is -2.50. The van der Waals surface area contributed by atoms with Gasteiger partial charge in [0.1, 0.15) is 0 Å². The van der Waals surface area contributed by atoms with Crippen LogP contribution in [0, 0.1) is 6.92 Å². The molecular formula is C13H20N2O2. The molecule has 1 amide bonds. The summed E-state index contributed by atoms with van der Waals surface area (Å²) >= 11 is 0. The monoisotopic (exact) mass is 236 g/mol. The molecule has 0 saturated heterocycles. The molecule has 1 rings (SSSR count). The Hall–Kier alpha value is -1.42. The number of hydrogen-bond acceptors (Lipinski definition) is 3. The predicted octanol–water partition coefficient (Wildman–Crippen LogP) is 1.67. The normalized spacial score (nSPS) is 11.3. The highest BCUT2D eigenvalue weighted by Gasteiger charge is 2.27. The van der Waals surface area contributed by atoms with Crippen LogP contribution < -0.4 is 5.32 Å². The number of nitrogens with zero attached hydrogens (tertiary/aromatic N) is 1. The summed E-state index contributed by atoms with van der Waals surface area (Å²) in [6, 6.07) is 3.42. The summed E-state index contributed by atoms with van der Waals surface area (Å²) in [5, 5.41) is 12.3. The Kier molecular flexibility index (Phi) is 4.63. The smallest absolute Gasteiger partial charge is 0.251 e. The second-order valence-corrected chi connectivity index (χ2v) is 4.29. The molecule has 2 N–H and O–H groups in total. The van der Waals surface area contributed by atoms with E-state index in [4.69, 9.17) is 0 Å². The van der Waals surface area contributed by atoms with Crippen molar-refractivity contribution in [2.24, 2.45) is 0 Å². The van der Waals surface area contributed by atoms with Crippen LogP contribution in [0.3, 0.4) is 0 Å². The first-order valence-corrected chi connectivity index (χ1v) is 5.93. The molecule has 0 aromatic carbocycles. The molecule has 4 nitrogen and oxygen atoms in total. The molecule has 4 heteroatoms. The minimum Gasteiger partial charge on any atom is -0.394 e. The van der Waals surface area contributed by atoms with Crippen LogP contribution in [0.25, 0.3) is 0 Å². The maximum atomic E-state index is 12.0. The first-order valence-electron chi connectivity index (χ1n) is 5.93. The number of rotatable bonds is 5. The van der Waals surface area contributed by atoms with Gasteiger partial charge in [-0.3, -0.25) is 9.78 Å². The molecule has 1 heterocycles. The van der Waals surface area contributed by atoms with Crippen molar-refractivity contribution >= 4 is 5.91 Å². The lowest BCUT2D eigenvalue weighted by Gasteiger charge is -2.30. The Morgan fingerprint density at radius 3 is 2.59 bits per heavy atom. The topological polar surface area (TPSA) is 62.2 Å². The van der Waals surface area contributed by atoms with Gasteiger partial charge in [0.15, 0.2) is 0 Å². The molecule has 0 fully saturated rings.